The van der Waals surface area contributed by atoms with E-state index in [1.165, 1.54) is 0 Å². The Balaban J connectivity index is 2.61. The van der Waals surface area contributed by atoms with E-state index in [0.29, 0.717) is 32.0 Å². The monoisotopic (exact) mass is 342 g/mol. The molecule has 0 atom stereocenters. The summed E-state index contributed by atoms with van der Waals surface area (Å²) in [6, 6.07) is 8.35. The SMILES string of the molecule is O=c1c2ccc(Br)cc2oc2c(Cl)cc(Cl)cc12. The lowest BCUT2D eigenvalue weighted by molar-refractivity contribution is 0.660. The molecule has 0 spiro atoms. The van der Waals surface area contributed by atoms with Gasteiger partial charge < -0.3 is 4.42 Å². The summed E-state index contributed by atoms with van der Waals surface area (Å²) in [5, 5.41) is 1.64. The van der Waals surface area contributed by atoms with Gasteiger partial charge in [-0.2, -0.15) is 0 Å². The zero-order valence-corrected chi connectivity index (χ0v) is 11.9. The lowest BCUT2D eigenvalue weighted by Gasteiger charge is -2.04. The van der Waals surface area contributed by atoms with E-state index in [-0.39, 0.29) is 5.43 Å². The van der Waals surface area contributed by atoms with Gasteiger partial charge in [-0.05, 0) is 30.3 Å². The minimum atomic E-state index is -0.136. The Morgan fingerprint density at radius 1 is 1.06 bits per heavy atom. The Morgan fingerprint density at radius 3 is 2.61 bits per heavy atom. The van der Waals surface area contributed by atoms with Gasteiger partial charge in [-0.15, -0.1) is 0 Å². The lowest BCUT2D eigenvalue weighted by Crippen LogP contribution is -2.02. The summed E-state index contributed by atoms with van der Waals surface area (Å²) >= 11 is 15.3. The molecule has 0 bridgehead atoms. The molecule has 0 aliphatic carbocycles. The van der Waals surface area contributed by atoms with Gasteiger partial charge in [0.15, 0.2) is 5.58 Å². The molecule has 0 N–H and O–H groups in total. The maximum Gasteiger partial charge on any atom is 0.200 e. The minimum absolute atomic E-state index is 0.136. The highest BCUT2D eigenvalue weighted by Gasteiger charge is 2.11. The van der Waals surface area contributed by atoms with Crippen LogP contribution in [0, 0.1) is 0 Å². The Kier molecular flexibility index (Phi) is 2.85. The first-order chi connectivity index (χ1) is 8.56. The van der Waals surface area contributed by atoms with Crippen LogP contribution in [0.25, 0.3) is 21.9 Å². The fourth-order valence-electron chi connectivity index (χ4n) is 1.86. The van der Waals surface area contributed by atoms with Crippen molar-refractivity contribution in [1.82, 2.24) is 0 Å². The van der Waals surface area contributed by atoms with Crippen LogP contribution in [-0.4, -0.2) is 0 Å². The van der Waals surface area contributed by atoms with E-state index in [1.54, 1.807) is 30.3 Å². The Morgan fingerprint density at radius 2 is 1.83 bits per heavy atom. The average molecular weight is 344 g/mol. The Labute approximate surface area is 120 Å². The fourth-order valence-corrected chi connectivity index (χ4v) is 2.73. The van der Waals surface area contributed by atoms with Crippen molar-refractivity contribution in [1.29, 1.82) is 0 Å². The summed E-state index contributed by atoms with van der Waals surface area (Å²) in [7, 11) is 0. The highest BCUT2D eigenvalue weighted by Crippen LogP contribution is 2.29. The largest absolute Gasteiger partial charge is 0.454 e. The second kappa shape index (κ2) is 4.26. The molecule has 0 saturated carbocycles. The van der Waals surface area contributed by atoms with Crippen LogP contribution in [-0.2, 0) is 0 Å². The van der Waals surface area contributed by atoms with Crippen LogP contribution in [0.3, 0.4) is 0 Å². The molecular weight excluding hydrogens is 339 g/mol. The molecule has 2 aromatic carbocycles. The predicted octanol–water partition coefficient (Wildman–Crippen LogP) is 5.02. The molecule has 90 valence electrons. The molecule has 0 radical (unpaired) electrons. The quantitative estimate of drug-likeness (QED) is 0.537. The van der Waals surface area contributed by atoms with Crippen molar-refractivity contribution in [3.8, 4) is 0 Å². The molecule has 0 saturated heterocycles. The summed E-state index contributed by atoms with van der Waals surface area (Å²) in [5.41, 5.74) is 0.714. The molecule has 18 heavy (non-hydrogen) atoms. The van der Waals surface area contributed by atoms with Crippen LogP contribution < -0.4 is 5.43 Å². The van der Waals surface area contributed by atoms with Gasteiger partial charge in [0.25, 0.3) is 0 Å². The Bertz CT molecular complexity index is 840. The van der Waals surface area contributed by atoms with Gasteiger partial charge in [-0.3, -0.25) is 4.79 Å². The molecule has 0 unspecified atom stereocenters. The summed E-state index contributed by atoms with van der Waals surface area (Å²) in [6.07, 6.45) is 0. The standard InChI is InChI=1S/C13H5BrCl2O2/c14-6-1-2-8-11(3-6)18-13-9(12(8)17)4-7(15)5-10(13)16/h1-5H. The molecule has 2 nitrogen and oxygen atoms in total. The molecule has 1 heterocycles. The van der Waals surface area contributed by atoms with Crippen molar-refractivity contribution in [2.24, 2.45) is 0 Å². The minimum Gasteiger partial charge on any atom is -0.454 e. The van der Waals surface area contributed by atoms with E-state index in [0.717, 1.165) is 4.47 Å². The summed E-state index contributed by atoms with van der Waals surface area (Å²) in [4.78, 5) is 12.3. The maximum atomic E-state index is 12.3. The molecule has 0 aliphatic rings. The summed E-state index contributed by atoms with van der Waals surface area (Å²) in [5.74, 6) is 0. The predicted molar refractivity (Wildman–Crippen MR) is 77.7 cm³/mol. The maximum absolute atomic E-state index is 12.3. The van der Waals surface area contributed by atoms with Gasteiger partial charge in [0.1, 0.15) is 5.58 Å². The first kappa shape index (κ1) is 12.0. The van der Waals surface area contributed by atoms with E-state index in [2.05, 4.69) is 15.9 Å². The van der Waals surface area contributed by atoms with E-state index in [9.17, 15) is 4.79 Å². The van der Waals surface area contributed by atoms with E-state index in [4.69, 9.17) is 27.6 Å². The van der Waals surface area contributed by atoms with E-state index >= 15 is 0 Å². The number of benzene rings is 2. The van der Waals surface area contributed by atoms with Gasteiger partial charge >= 0.3 is 0 Å². The second-order valence-corrected chi connectivity index (χ2v) is 5.60. The van der Waals surface area contributed by atoms with Gasteiger partial charge in [-0.1, -0.05) is 39.1 Å². The average Bonchev–Trinajstić information content (AvgIpc) is 2.31. The molecule has 3 aromatic rings. The van der Waals surface area contributed by atoms with E-state index in [1.807, 2.05) is 0 Å². The number of rotatable bonds is 0. The fraction of sp³-hybridized carbons (Fsp3) is 0. The third-order valence-corrected chi connectivity index (χ3v) is 3.65. The molecule has 0 amide bonds. The molecule has 1 aromatic heterocycles. The topological polar surface area (TPSA) is 30.2 Å². The normalized spacial score (nSPS) is 11.3. The molecular formula is C13H5BrCl2O2. The molecule has 5 heteroatoms. The van der Waals surface area contributed by atoms with Crippen LogP contribution in [0.4, 0.5) is 0 Å². The van der Waals surface area contributed by atoms with Crippen molar-refractivity contribution in [3.05, 3.63) is 55.1 Å². The zero-order chi connectivity index (χ0) is 12.9. The van der Waals surface area contributed by atoms with Gasteiger partial charge in [0.05, 0.1) is 15.8 Å². The van der Waals surface area contributed by atoms with Crippen LogP contribution in [0.1, 0.15) is 0 Å². The van der Waals surface area contributed by atoms with Crippen molar-refractivity contribution in [3.63, 3.8) is 0 Å². The highest BCUT2D eigenvalue weighted by atomic mass is 79.9. The van der Waals surface area contributed by atoms with Crippen LogP contribution in [0.2, 0.25) is 10.0 Å². The first-order valence-electron chi connectivity index (χ1n) is 5.07. The smallest absolute Gasteiger partial charge is 0.200 e. The van der Waals surface area contributed by atoms with Crippen molar-refractivity contribution in [2.75, 3.05) is 0 Å². The third kappa shape index (κ3) is 1.83. The van der Waals surface area contributed by atoms with Gasteiger partial charge in [0.2, 0.25) is 5.43 Å². The van der Waals surface area contributed by atoms with E-state index < -0.39 is 0 Å². The summed E-state index contributed by atoms with van der Waals surface area (Å²) < 4.78 is 6.51. The number of hydrogen-bond donors (Lipinski definition) is 0. The van der Waals surface area contributed by atoms with Crippen LogP contribution in [0.15, 0.2) is 44.0 Å². The second-order valence-electron chi connectivity index (χ2n) is 3.84. The first-order valence-corrected chi connectivity index (χ1v) is 6.62. The summed E-state index contributed by atoms with van der Waals surface area (Å²) in [6.45, 7) is 0. The number of halogens is 3. The van der Waals surface area contributed by atoms with Crippen LogP contribution in [0.5, 0.6) is 0 Å². The molecule has 3 rings (SSSR count). The van der Waals surface area contributed by atoms with Gasteiger partial charge in [0, 0.05) is 9.50 Å². The molecule has 0 fully saturated rings. The Hall–Kier alpha value is -1.03. The number of hydrogen-bond acceptors (Lipinski definition) is 2. The van der Waals surface area contributed by atoms with Crippen molar-refractivity contribution >= 4 is 61.1 Å². The van der Waals surface area contributed by atoms with Crippen molar-refractivity contribution in [2.45, 2.75) is 0 Å². The third-order valence-electron chi connectivity index (χ3n) is 2.65. The zero-order valence-electron chi connectivity index (χ0n) is 8.84. The highest BCUT2D eigenvalue weighted by molar-refractivity contribution is 9.10. The molecule has 0 aliphatic heterocycles. The number of fused-ring (bicyclic) bond motifs is 2. The van der Waals surface area contributed by atoms with Gasteiger partial charge in [-0.25, -0.2) is 0 Å². The van der Waals surface area contributed by atoms with Crippen LogP contribution >= 0.6 is 39.1 Å². The van der Waals surface area contributed by atoms with Crippen molar-refractivity contribution < 1.29 is 4.42 Å². The lowest BCUT2D eigenvalue weighted by atomic mass is 10.1.